The number of hydrogen-bond donors (Lipinski definition) is 2. The van der Waals surface area contributed by atoms with E-state index >= 15 is 0 Å². The number of thiazole rings is 1. The predicted molar refractivity (Wildman–Crippen MR) is 117 cm³/mol. The van der Waals surface area contributed by atoms with Crippen LogP contribution < -0.4 is 10.9 Å². The van der Waals surface area contributed by atoms with Crippen LogP contribution in [-0.2, 0) is 23.1 Å². The zero-order chi connectivity index (χ0) is 20.9. The van der Waals surface area contributed by atoms with Crippen LogP contribution in [0.2, 0.25) is 5.02 Å². The van der Waals surface area contributed by atoms with Crippen LogP contribution in [0.4, 0.5) is 0 Å². The molecule has 0 unspecified atom stereocenters. The third-order valence-electron chi connectivity index (χ3n) is 5.17. The Balaban J connectivity index is 1.29. The molecular weight excluding hydrogens is 466 g/mol. The minimum atomic E-state index is -3.61. The Kier molecular flexibility index (Phi) is 5.30. The van der Waals surface area contributed by atoms with Crippen LogP contribution in [0.15, 0.2) is 28.5 Å². The van der Waals surface area contributed by atoms with Crippen LogP contribution in [0, 0.1) is 0 Å². The van der Waals surface area contributed by atoms with E-state index < -0.39 is 10.0 Å². The van der Waals surface area contributed by atoms with Gasteiger partial charge < -0.3 is 4.90 Å². The lowest BCUT2D eigenvalue weighted by atomic mass is 10.3. The maximum Gasteiger partial charge on any atom is 0.282 e. The molecule has 2 aliphatic rings. The minimum absolute atomic E-state index is 0.136. The average Bonchev–Trinajstić information content (AvgIpc) is 3.37. The molecule has 1 amide bonds. The van der Waals surface area contributed by atoms with Crippen LogP contribution in [0.3, 0.4) is 0 Å². The Morgan fingerprint density at radius 1 is 1.07 bits per heavy atom. The Labute approximate surface area is 186 Å². The lowest BCUT2D eigenvalue weighted by molar-refractivity contribution is 0.0697. The van der Waals surface area contributed by atoms with Crippen molar-refractivity contribution >= 4 is 60.3 Å². The number of carbonyl (C=O) groups is 1. The van der Waals surface area contributed by atoms with Gasteiger partial charge in [-0.25, -0.2) is 13.4 Å². The number of nitrogens with one attached hydrogen (secondary N) is 2. The van der Waals surface area contributed by atoms with Crippen molar-refractivity contribution in [1.29, 1.82) is 0 Å². The van der Waals surface area contributed by atoms with Gasteiger partial charge in [0.2, 0.25) is 0 Å². The van der Waals surface area contributed by atoms with Gasteiger partial charge in [0.1, 0.15) is 4.21 Å². The number of thiophene rings is 1. The number of fused-ring (bicyclic) bond motifs is 2. The summed E-state index contributed by atoms with van der Waals surface area (Å²) < 4.78 is 28.8. The van der Waals surface area contributed by atoms with E-state index in [9.17, 15) is 13.2 Å². The van der Waals surface area contributed by atoms with Gasteiger partial charge >= 0.3 is 0 Å². The first-order chi connectivity index (χ1) is 14.4. The SMILES string of the molecule is O=C(c1nc2c(s1)CNNC2)N1CCN(S(=O)(=O)c2cc3ccc(Cl)cc3s2)CC1. The summed E-state index contributed by atoms with van der Waals surface area (Å²) in [6, 6.07) is 7.03. The molecule has 30 heavy (non-hydrogen) atoms. The Morgan fingerprint density at radius 2 is 1.83 bits per heavy atom. The molecule has 5 rings (SSSR count). The first kappa shape index (κ1) is 20.3. The van der Waals surface area contributed by atoms with Gasteiger partial charge in [-0.15, -0.1) is 22.7 Å². The molecule has 0 bridgehead atoms. The highest BCUT2D eigenvalue weighted by Crippen LogP contribution is 2.33. The van der Waals surface area contributed by atoms with Crippen LogP contribution >= 0.6 is 34.3 Å². The van der Waals surface area contributed by atoms with Gasteiger partial charge in [0, 0.05) is 47.3 Å². The molecule has 8 nitrogen and oxygen atoms in total. The number of hydrogen-bond acceptors (Lipinski definition) is 8. The number of amides is 1. The monoisotopic (exact) mass is 483 g/mol. The van der Waals surface area contributed by atoms with Gasteiger partial charge in [-0.2, -0.15) is 4.31 Å². The Bertz CT molecular complexity index is 1210. The van der Waals surface area contributed by atoms with Crippen molar-refractivity contribution in [2.45, 2.75) is 17.3 Å². The van der Waals surface area contributed by atoms with Gasteiger partial charge in [0.05, 0.1) is 12.2 Å². The number of benzene rings is 1. The number of rotatable bonds is 3. The number of sulfonamides is 1. The van der Waals surface area contributed by atoms with Crippen molar-refractivity contribution < 1.29 is 13.2 Å². The second kappa shape index (κ2) is 7.83. The quantitative estimate of drug-likeness (QED) is 0.593. The second-order valence-corrected chi connectivity index (χ2v) is 11.8. The average molecular weight is 484 g/mol. The fourth-order valence-electron chi connectivity index (χ4n) is 3.54. The number of aromatic nitrogens is 1. The summed E-state index contributed by atoms with van der Waals surface area (Å²) in [7, 11) is -3.61. The molecule has 1 fully saturated rings. The van der Waals surface area contributed by atoms with Gasteiger partial charge in [0.25, 0.3) is 15.9 Å². The van der Waals surface area contributed by atoms with Gasteiger partial charge in [-0.3, -0.25) is 15.6 Å². The summed E-state index contributed by atoms with van der Waals surface area (Å²) in [5.41, 5.74) is 6.95. The van der Waals surface area contributed by atoms with Gasteiger partial charge in [0.15, 0.2) is 5.01 Å². The normalized spacial score (nSPS) is 18.0. The van der Waals surface area contributed by atoms with Crippen molar-refractivity contribution in [3.05, 3.63) is 44.9 Å². The highest BCUT2D eigenvalue weighted by molar-refractivity contribution is 7.91. The summed E-state index contributed by atoms with van der Waals surface area (Å²) in [6.07, 6.45) is 0. The van der Waals surface area contributed by atoms with E-state index in [1.807, 2.05) is 6.07 Å². The molecule has 2 aromatic heterocycles. The highest BCUT2D eigenvalue weighted by atomic mass is 35.5. The van der Waals surface area contributed by atoms with E-state index in [1.165, 1.54) is 27.0 Å². The third-order valence-corrected chi connectivity index (χ3v) is 9.94. The molecule has 4 heterocycles. The van der Waals surface area contributed by atoms with Crippen molar-refractivity contribution in [3.8, 4) is 0 Å². The number of halogens is 1. The molecule has 2 aliphatic heterocycles. The van der Waals surface area contributed by atoms with Crippen molar-refractivity contribution in [2.24, 2.45) is 0 Å². The zero-order valence-corrected chi connectivity index (χ0v) is 18.9. The zero-order valence-electron chi connectivity index (χ0n) is 15.7. The van der Waals surface area contributed by atoms with Gasteiger partial charge in [-0.1, -0.05) is 17.7 Å². The van der Waals surface area contributed by atoms with E-state index in [4.69, 9.17) is 11.6 Å². The topological polar surface area (TPSA) is 94.6 Å². The molecule has 3 aromatic rings. The fourth-order valence-corrected chi connectivity index (χ4v) is 7.78. The standard InChI is InChI=1S/C18H18ClN5O3S3/c19-12-2-1-11-7-16(28-14(11)8-12)30(26,27)24-5-3-23(4-6-24)18(25)17-22-13-9-20-21-10-15(13)29-17/h1-2,7-8,20-21H,3-6,9-10H2. The minimum Gasteiger partial charge on any atom is -0.334 e. The summed E-state index contributed by atoms with van der Waals surface area (Å²) in [6.45, 7) is 2.44. The molecule has 0 aliphatic carbocycles. The molecule has 1 aromatic carbocycles. The first-order valence-electron chi connectivity index (χ1n) is 9.34. The fraction of sp³-hybridized carbons (Fsp3) is 0.333. The maximum absolute atomic E-state index is 13.1. The molecule has 0 radical (unpaired) electrons. The Hall–Kier alpha value is -1.60. The van der Waals surface area contributed by atoms with E-state index in [1.54, 1.807) is 23.1 Å². The van der Waals surface area contributed by atoms with Crippen LogP contribution in [0.5, 0.6) is 0 Å². The summed E-state index contributed by atoms with van der Waals surface area (Å²) in [5.74, 6) is -0.136. The molecule has 1 saturated heterocycles. The van der Waals surface area contributed by atoms with Crippen molar-refractivity contribution in [2.75, 3.05) is 26.2 Å². The molecule has 2 N–H and O–H groups in total. The molecular formula is C18H18ClN5O3S3. The molecule has 0 spiro atoms. The van der Waals surface area contributed by atoms with E-state index in [-0.39, 0.29) is 19.0 Å². The molecule has 0 atom stereocenters. The van der Waals surface area contributed by atoms with E-state index in [0.29, 0.717) is 40.4 Å². The largest absolute Gasteiger partial charge is 0.334 e. The van der Waals surface area contributed by atoms with E-state index in [2.05, 4.69) is 15.8 Å². The number of nitrogens with zero attached hydrogens (tertiary/aromatic N) is 3. The third kappa shape index (κ3) is 3.64. The lowest BCUT2D eigenvalue weighted by Gasteiger charge is -2.33. The number of carbonyl (C=O) groups excluding carboxylic acids is 1. The Morgan fingerprint density at radius 3 is 2.60 bits per heavy atom. The maximum atomic E-state index is 13.1. The smallest absolute Gasteiger partial charge is 0.282 e. The first-order valence-corrected chi connectivity index (χ1v) is 12.8. The van der Waals surface area contributed by atoms with Crippen molar-refractivity contribution in [1.82, 2.24) is 25.0 Å². The van der Waals surface area contributed by atoms with Gasteiger partial charge in [-0.05, 0) is 23.6 Å². The van der Waals surface area contributed by atoms with Crippen molar-refractivity contribution in [3.63, 3.8) is 0 Å². The summed E-state index contributed by atoms with van der Waals surface area (Å²) >= 11 is 8.63. The van der Waals surface area contributed by atoms with Crippen LogP contribution in [0.1, 0.15) is 20.4 Å². The molecule has 12 heteroatoms. The highest BCUT2D eigenvalue weighted by Gasteiger charge is 2.32. The molecule has 158 valence electrons. The lowest BCUT2D eigenvalue weighted by Crippen LogP contribution is -2.50. The predicted octanol–water partition coefficient (Wildman–Crippen LogP) is 2.27. The molecule has 0 saturated carbocycles. The summed E-state index contributed by atoms with van der Waals surface area (Å²) in [5, 5.41) is 1.90. The van der Waals surface area contributed by atoms with Crippen LogP contribution in [-0.4, -0.2) is 54.7 Å². The number of piperazine rings is 1. The second-order valence-electron chi connectivity index (χ2n) is 7.04. The summed E-state index contributed by atoms with van der Waals surface area (Å²) in [4.78, 5) is 20.0. The van der Waals surface area contributed by atoms with Crippen LogP contribution in [0.25, 0.3) is 10.1 Å². The van der Waals surface area contributed by atoms with E-state index in [0.717, 1.165) is 20.7 Å². The number of hydrazine groups is 1.